The fourth-order valence-electron chi connectivity index (χ4n) is 2.38. The molecule has 0 fully saturated rings. The van der Waals surface area contributed by atoms with E-state index in [1.807, 2.05) is 0 Å². The van der Waals surface area contributed by atoms with Crippen LogP contribution in [-0.4, -0.2) is 26.9 Å². The number of rotatable bonds is 5. The van der Waals surface area contributed by atoms with Crippen molar-refractivity contribution in [3.05, 3.63) is 65.2 Å². The summed E-state index contributed by atoms with van der Waals surface area (Å²) < 4.78 is 70.2. The molecular formula is C17H13F5N4O. The van der Waals surface area contributed by atoms with Crippen LogP contribution >= 0.6 is 0 Å². The lowest BCUT2D eigenvalue weighted by Crippen LogP contribution is -2.08. The predicted octanol–water partition coefficient (Wildman–Crippen LogP) is 4.22. The molecule has 2 heterocycles. The van der Waals surface area contributed by atoms with Gasteiger partial charge in [-0.15, -0.1) is 0 Å². The molecule has 0 saturated heterocycles. The van der Waals surface area contributed by atoms with Gasteiger partial charge in [0.1, 0.15) is 5.82 Å². The monoisotopic (exact) mass is 384 g/mol. The Morgan fingerprint density at radius 2 is 1.93 bits per heavy atom. The maximum absolute atomic E-state index is 12.9. The molecule has 0 aliphatic heterocycles. The summed E-state index contributed by atoms with van der Waals surface area (Å²) in [6.07, 6.45) is -5.03. The van der Waals surface area contributed by atoms with Crippen molar-refractivity contribution < 1.29 is 26.7 Å². The van der Waals surface area contributed by atoms with Gasteiger partial charge in [-0.3, -0.25) is 0 Å². The number of hydrogen-bond donors (Lipinski definition) is 0. The summed E-state index contributed by atoms with van der Waals surface area (Å²) in [6.45, 7) is 0. The first-order valence-electron chi connectivity index (χ1n) is 7.67. The van der Waals surface area contributed by atoms with Crippen LogP contribution in [0.4, 0.5) is 22.0 Å². The Hall–Kier alpha value is -3.04. The van der Waals surface area contributed by atoms with Gasteiger partial charge >= 0.3 is 6.18 Å². The van der Waals surface area contributed by atoms with Crippen molar-refractivity contribution in [2.24, 2.45) is 0 Å². The Morgan fingerprint density at radius 1 is 1.15 bits per heavy atom. The predicted molar refractivity (Wildman–Crippen MR) is 84.9 cm³/mol. The topological polar surface area (TPSA) is 52.8 Å². The van der Waals surface area contributed by atoms with Gasteiger partial charge in [0.15, 0.2) is 5.82 Å². The lowest BCUT2D eigenvalue weighted by atomic mass is 10.1. The molecule has 0 bridgehead atoms. The minimum Gasteiger partial charge on any atom is -0.481 e. The van der Waals surface area contributed by atoms with Crippen molar-refractivity contribution in [2.45, 2.75) is 19.0 Å². The van der Waals surface area contributed by atoms with Crippen LogP contribution in [0.5, 0.6) is 5.88 Å². The number of ether oxygens (including phenoxy) is 1. The van der Waals surface area contributed by atoms with Gasteiger partial charge in [0.05, 0.1) is 24.4 Å². The maximum Gasteiger partial charge on any atom is 0.416 e. The van der Waals surface area contributed by atoms with Gasteiger partial charge in [0, 0.05) is 18.7 Å². The van der Waals surface area contributed by atoms with Crippen LogP contribution < -0.4 is 4.74 Å². The van der Waals surface area contributed by atoms with Crippen LogP contribution in [-0.2, 0) is 12.6 Å². The average Bonchev–Trinajstić information content (AvgIpc) is 3.11. The molecule has 2 aromatic heterocycles. The van der Waals surface area contributed by atoms with Gasteiger partial charge in [-0.25, -0.2) is 18.4 Å². The van der Waals surface area contributed by atoms with Gasteiger partial charge < -0.3 is 4.74 Å². The molecule has 0 unspecified atom stereocenters. The highest BCUT2D eigenvalue weighted by Gasteiger charge is 2.30. The quantitative estimate of drug-likeness (QED) is 0.618. The van der Waals surface area contributed by atoms with Crippen molar-refractivity contribution in [1.29, 1.82) is 0 Å². The minimum absolute atomic E-state index is 0.00288. The molecular weight excluding hydrogens is 371 g/mol. The summed E-state index contributed by atoms with van der Waals surface area (Å²) in [4.78, 5) is 8.30. The van der Waals surface area contributed by atoms with Crippen LogP contribution in [0.25, 0.3) is 5.82 Å². The van der Waals surface area contributed by atoms with Crippen LogP contribution in [0.15, 0.2) is 42.7 Å². The lowest BCUT2D eigenvalue weighted by Gasteiger charge is -2.10. The highest BCUT2D eigenvalue weighted by molar-refractivity contribution is 5.32. The molecule has 0 radical (unpaired) electrons. The van der Waals surface area contributed by atoms with E-state index >= 15 is 0 Å². The largest absolute Gasteiger partial charge is 0.481 e. The summed E-state index contributed by atoms with van der Waals surface area (Å²) in [5, 5.41) is 3.82. The van der Waals surface area contributed by atoms with Gasteiger partial charge in [-0.05, 0) is 11.6 Å². The van der Waals surface area contributed by atoms with E-state index in [1.165, 1.54) is 25.3 Å². The zero-order valence-electron chi connectivity index (χ0n) is 13.9. The highest BCUT2D eigenvalue weighted by Crippen LogP contribution is 2.30. The summed E-state index contributed by atoms with van der Waals surface area (Å²) in [6, 6.07) is 6.17. The van der Waals surface area contributed by atoms with E-state index in [-0.39, 0.29) is 29.5 Å². The third-order valence-corrected chi connectivity index (χ3v) is 3.65. The van der Waals surface area contributed by atoms with Crippen LogP contribution in [0.3, 0.4) is 0 Å². The van der Waals surface area contributed by atoms with Crippen molar-refractivity contribution in [3.63, 3.8) is 0 Å². The maximum atomic E-state index is 12.9. The van der Waals surface area contributed by atoms with Gasteiger partial charge in [0.25, 0.3) is 6.43 Å². The first-order chi connectivity index (χ1) is 12.8. The van der Waals surface area contributed by atoms with E-state index in [4.69, 9.17) is 4.74 Å². The number of halogens is 5. The number of benzene rings is 1. The summed E-state index contributed by atoms with van der Waals surface area (Å²) in [7, 11) is 1.36. The summed E-state index contributed by atoms with van der Waals surface area (Å²) >= 11 is 0. The molecule has 1 aromatic carbocycles. The SMILES string of the molecule is COc1cc(-n2cc(C(F)F)cn2)nc(Cc2cccc(C(F)(F)F)c2)n1. The number of aromatic nitrogens is 4. The normalized spacial score (nSPS) is 11.8. The molecule has 10 heteroatoms. The van der Waals surface area contributed by atoms with Crippen molar-refractivity contribution in [3.8, 4) is 11.7 Å². The summed E-state index contributed by atoms with van der Waals surface area (Å²) in [5.74, 6) is 0.463. The van der Waals surface area contributed by atoms with Gasteiger partial charge in [0.2, 0.25) is 5.88 Å². The second-order valence-corrected chi connectivity index (χ2v) is 5.58. The first-order valence-corrected chi connectivity index (χ1v) is 7.67. The molecule has 142 valence electrons. The number of nitrogens with zero attached hydrogens (tertiary/aromatic N) is 4. The van der Waals surface area contributed by atoms with Crippen LogP contribution in [0, 0.1) is 0 Å². The highest BCUT2D eigenvalue weighted by atomic mass is 19.4. The van der Waals surface area contributed by atoms with E-state index in [0.717, 1.165) is 29.2 Å². The average molecular weight is 384 g/mol. The minimum atomic E-state index is -4.46. The molecule has 0 amide bonds. The van der Waals surface area contributed by atoms with E-state index in [0.29, 0.717) is 5.56 Å². The summed E-state index contributed by atoms with van der Waals surface area (Å²) in [5.41, 5.74) is -0.721. The van der Waals surface area contributed by atoms with Gasteiger partial charge in [-0.2, -0.15) is 23.3 Å². The molecule has 27 heavy (non-hydrogen) atoms. The molecule has 0 N–H and O–H groups in total. The smallest absolute Gasteiger partial charge is 0.416 e. The zero-order chi connectivity index (χ0) is 19.6. The van der Waals surface area contributed by atoms with E-state index in [9.17, 15) is 22.0 Å². The third-order valence-electron chi connectivity index (χ3n) is 3.65. The molecule has 0 saturated carbocycles. The fraction of sp³-hybridized carbons (Fsp3) is 0.235. The third kappa shape index (κ3) is 4.39. The molecule has 3 rings (SSSR count). The van der Waals surface area contributed by atoms with Crippen molar-refractivity contribution >= 4 is 0 Å². The first kappa shape index (κ1) is 18.7. The Labute approximate surface area is 150 Å². The van der Waals surface area contributed by atoms with Crippen molar-refractivity contribution in [2.75, 3.05) is 7.11 Å². The second kappa shape index (κ2) is 7.29. The molecule has 0 atom stereocenters. The van der Waals surface area contributed by atoms with Gasteiger partial charge in [-0.1, -0.05) is 18.2 Å². The fourth-order valence-corrected chi connectivity index (χ4v) is 2.38. The molecule has 0 aliphatic carbocycles. The molecule has 0 aliphatic rings. The number of methoxy groups -OCH3 is 1. The van der Waals surface area contributed by atoms with E-state index in [2.05, 4.69) is 15.1 Å². The van der Waals surface area contributed by atoms with Crippen LogP contribution in [0.2, 0.25) is 0 Å². The second-order valence-electron chi connectivity index (χ2n) is 5.58. The Bertz CT molecular complexity index is 939. The lowest BCUT2D eigenvalue weighted by molar-refractivity contribution is -0.137. The standard InChI is InChI=1S/C17H13F5N4O/c1-27-15-7-14(26-9-11(8-23-26)16(18)19)24-13(25-15)6-10-3-2-4-12(5-10)17(20,21)22/h2-5,7-9,16H,6H2,1H3. The molecule has 0 spiro atoms. The Morgan fingerprint density at radius 3 is 2.56 bits per heavy atom. The molecule has 5 nitrogen and oxygen atoms in total. The van der Waals surface area contributed by atoms with Crippen molar-refractivity contribution in [1.82, 2.24) is 19.7 Å². The van der Waals surface area contributed by atoms with E-state index < -0.39 is 18.2 Å². The number of alkyl halides is 5. The zero-order valence-corrected chi connectivity index (χ0v) is 13.9. The number of hydrogen-bond acceptors (Lipinski definition) is 4. The Balaban J connectivity index is 1.94. The molecule has 3 aromatic rings. The Kier molecular flexibility index (Phi) is 5.06. The van der Waals surface area contributed by atoms with E-state index in [1.54, 1.807) is 0 Å². The van der Waals surface area contributed by atoms with Crippen LogP contribution in [0.1, 0.15) is 28.9 Å².